The van der Waals surface area contributed by atoms with E-state index in [1.165, 1.54) is 6.07 Å². The fourth-order valence-electron chi connectivity index (χ4n) is 2.76. The van der Waals surface area contributed by atoms with Crippen LogP contribution in [0.15, 0.2) is 18.2 Å². The van der Waals surface area contributed by atoms with E-state index >= 15 is 0 Å². The van der Waals surface area contributed by atoms with E-state index in [2.05, 4.69) is 0 Å². The number of phenolic OH excluding ortho intramolecular Hbond substituents is 1. The Morgan fingerprint density at radius 3 is 2.48 bits per heavy atom. The maximum Gasteiger partial charge on any atom is 0.229 e. The predicted octanol–water partition coefficient (Wildman–Crippen LogP) is -0.726. The topological polar surface area (TPSA) is 140 Å². The van der Waals surface area contributed by atoms with E-state index in [0.29, 0.717) is 12.8 Å². The Hall–Kier alpha value is -1.42. The summed E-state index contributed by atoms with van der Waals surface area (Å²) in [4.78, 5) is 0. The van der Waals surface area contributed by atoms with Crippen LogP contribution in [0, 0.1) is 0 Å². The number of ether oxygens (including phenoxy) is 2. The highest BCUT2D eigenvalue weighted by Crippen LogP contribution is 2.28. The maximum atomic E-state index is 9.99. The molecule has 1 heterocycles. The van der Waals surface area contributed by atoms with Gasteiger partial charge in [0, 0.05) is 6.07 Å². The summed E-state index contributed by atoms with van der Waals surface area (Å²) in [7, 11) is 0. The first-order chi connectivity index (χ1) is 11.8. The van der Waals surface area contributed by atoms with Crippen molar-refractivity contribution in [2.45, 2.75) is 63.0 Å². The number of hydrogen-bond acceptors (Lipinski definition) is 8. The molecule has 1 aliphatic rings. The van der Waals surface area contributed by atoms with Gasteiger partial charge >= 0.3 is 0 Å². The van der Waals surface area contributed by atoms with Gasteiger partial charge in [0.2, 0.25) is 6.29 Å². The number of aliphatic hydroxyl groups is 5. The molecule has 1 unspecified atom stereocenters. The molecule has 8 heteroatoms. The number of phenols is 1. The number of rotatable bonds is 7. The van der Waals surface area contributed by atoms with Crippen LogP contribution in [0.1, 0.15) is 25.3 Å². The molecule has 0 amide bonds. The van der Waals surface area contributed by atoms with Crippen LogP contribution in [0.4, 0.5) is 0 Å². The first kappa shape index (κ1) is 19.9. The zero-order valence-electron chi connectivity index (χ0n) is 14.0. The molecule has 6 N–H and O–H groups in total. The van der Waals surface area contributed by atoms with Crippen LogP contribution in [0.25, 0.3) is 0 Å². The highest BCUT2D eigenvalue weighted by atomic mass is 16.7. The summed E-state index contributed by atoms with van der Waals surface area (Å²) in [6, 6.07) is 4.56. The van der Waals surface area contributed by atoms with Crippen LogP contribution < -0.4 is 4.74 Å². The van der Waals surface area contributed by atoms with E-state index in [4.69, 9.17) is 9.47 Å². The zero-order chi connectivity index (χ0) is 18.6. The minimum Gasteiger partial charge on any atom is -0.508 e. The van der Waals surface area contributed by atoms with Gasteiger partial charge in [0.25, 0.3) is 0 Å². The van der Waals surface area contributed by atoms with E-state index in [0.717, 1.165) is 12.0 Å². The second-order valence-corrected chi connectivity index (χ2v) is 6.39. The van der Waals surface area contributed by atoms with Crippen molar-refractivity contribution in [1.82, 2.24) is 0 Å². The molecule has 0 spiro atoms. The summed E-state index contributed by atoms with van der Waals surface area (Å²) in [5, 5.41) is 57.8. The summed E-state index contributed by atoms with van der Waals surface area (Å²) in [5.41, 5.74) is 0.778. The van der Waals surface area contributed by atoms with Crippen molar-refractivity contribution in [2.75, 3.05) is 6.61 Å². The summed E-state index contributed by atoms with van der Waals surface area (Å²) in [6.07, 6.45) is -5.31. The van der Waals surface area contributed by atoms with Crippen molar-refractivity contribution in [3.8, 4) is 11.5 Å². The standard InChI is InChI=1S/C17H26O8/c1-9(19)3-2-4-10-5-11(20)7-12(6-10)24-17-16(23)15(22)14(21)13(8-18)25-17/h5-7,9,13-23H,2-4,8H2,1H3/t9?,13-,14-,15+,16-,17-/m1/s1. The number of hydrogen-bond donors (Lipinski definition) is 6. The molecule has 142 valence electrons. The minimum atomic E-state index is -1.53. The van der Waals surface area contributed by atoms with Crippen molar-refractivity contribution in [2.24, 2.45) is 0 Å². The Morgan fingerprint density at radius 1 is 1.12 bits per heavy atom. The van der Waals surface area contributed by atoms with Crippen molar-refractivity contribution >= 4 is 0 Å². The third-order valence-electron chi connectivity index (χ3n) is 4.14. The van der Waals surface area contributed by atoms with Gasteiger partial charge in [-0.05, 0) is 43.9 Å². The molecule has 1 aliphatic heterocycles. The molecule has 1 fully saturated rings. The van der Waals surface area contributed by atoms with Crippen molar-refractivity contribution in [3.05, 3.63) is 23.8 Å². The molecule has 0 aliphatic carbocycles. The fourth-order valence-corrected chi connectivity index (χ4v) is 2.76. The van der Waals surface area contributed by atoms with Gasteiger partial charge in [-0.3, -0.25) is 0 Å². The van der Waals surface area contributed by atoms with Gasteiger partial charge in [-0.15, -0.1) is 0 Å². The van der Waals surface area contributed by atoms with Gasteiger partial charge in [0.05, 0.1) is 12.7 Å². The van der Waals surface area contributed by atoms with E-state index in [9.17, 15) is 30.6 Å². The number of benzene rings is 1. The van der Waals surface area contributed by atoms with Crippen molar-refractivity contribution in [1.29, 1.82) is 0 Å². The Labute approximate surface area is 145 Å². The smallest absolute Gasteiger partial charge is 0.229 e. The third kappa shape index (κ3) is 5.27. The van der Waals surface area contributed by atoms with Gasteiger partial charge in [0.15, 0.2) is 0 Å². The van der Waals surface area contributed by atoms with E-state index in [-0.39, 0.29) is 11.5 Å². The van der Waals surface area contributed by atoms with E-state index in [1.54, 1.807) is 19.1 Å². The van der Waals surface area contributed by atoms with Gasteiger partial charge in [-0.2, -0.15) is 0 Å². The zero-order valence-corrected chi connectivity index (χ0v) is 14.0. The first-order valence-corrected chi connectivity index (χ1v) is 8.30. The second-order valence-electron chi connectivity index (χ2n) is 6.39. The summed E-state index contributed by atoms with van der Waals surface area (Å²) < 4.78 is 10.8. The molecule has 6 atom stereocenters. The Morgan fingerprint density at radius 2 is 1.84 bits per heavy atom. The summed E-state index contributed by atoms with van der Waals surface area (Å²) in [6.45, 7) is 1.16. The molecule has 1 saturated heterocycles. The second kappa shape index (κ2) is 8.79. The first-order valence-electron chi connectivity index (χ1n) is 8.30. The molecule has 0 bridgehead atoms. The summed E-state index contributed by atoms with van der Waals surface area (Å²) >= 11 is 0. The van der Waals surface area contributed by atoms with Gasteiger partial charge in [-0.25, -0.2) is 0 Å². The van der Waals surface area contributed by atoms with Crippen LogP contribution >= 0.6 is 0 Å². The molecule has 0 radical (unpaired) electrons. The fraction of sp³-hybridized carbons (Fsp3) is 0.647. The van der Waals surface area contributed by atoms with Crippen LogP contribution in [-0.2, 0) is 11.2 Å². The van der Waals surface area contributed by atoms with Crippen LogP contribution in [0.5, 0.6) is 11.5 Å². The normalized spacial score (nSPS) is 30.9. The highest BCUT2D eigenvalue weighted by molar-refractivity contribution is 5.37. The molecule has 25 heavy (non-hydrogen) atoms. The quantitative estimate of drug-likeness (QED) is 0.375. The summed E-state index contributed by atoms with van der Waals surface area (Å²) in [5.74, 6) is 0.186. The average molecular weight is 358 g/mol. The monoisotopic (exact) mass is 358 g/mol. The van der Waals surface area contributed by atoms with E-state index in [1.807, 2.05) is 0 Å². The van der Waals surface area contributed by atoms with E-state index < -0.39 is 43.4 Å². The largest absolute Gasteiger partial charge is 0.508 e. The molecule has 1 aromatic rings. The van der Waals surface area contributed by atoms with Gasteiger partial charge in [0.1, 0.15) is 35.9 Å². The van der Waals surface area contributed by atoms with Crippen molar-refractivity contribution < 1.29 is 40.1 Å². The number of aryl methyl sites for hydroxylation is 1. The van der Waals surface area contributed by atoms with Crippen molar-refractivity contribution in [3.63, 3.8) is 0 Å². The molecule has 0 saturated carbocycles. The SMILES string of the molecule is CC(O)CCCc1cc(O)cc(O[C@@H]2O[C@H](CO)[C@@H](O)[C@H](O)[C@H]2O)c1. The molecule has 8 nitrogen and oxygen atoms in total. The Kier molecular flexibility index (Phi) is 7.00. The predicted molar refractivity (Wildman–Crippen MR) is 87.1 cm³/mol. The lowest BCUT2D eigenvalue weighted by Gasteiger charge is -2.39. The van der Waals surface area contributed by atoms with Crippen LogP contribution in [0.2, 0.25) is 0 Å². The average Bonchev–Trinajstić information content (AvgIpc) is 2.54. The lowest BCUT2D eigenvalue weighted by atomic mass is 9.99. The molecule has 1 aromatic carbocycles. The van der Waals surface area contributed by atoms with Crippen LogP contribution in [0.3, 0.4) is 0 Å². The van der Waals surface area contributed by atoms with Crippen LogP contribution in [-0.4, -0.2) is 74.1 Å². The lowest BCUT2D eigenvalue weighted by molar-refractivity contribution is -0.277. The Balaban J connectivity index is 2.06. The molecular weight excluding hydrogens is 332 g/mol. The molecular formula is C17H26O8. The number of aromatic hydroxyl groups is 1. The maximum absolute atomic E-state index is 9.99. The highest BCUT2D eigenvalue weighted by Gasteiger charge is 2.44. The molecule has 2 rings (SSSR count). The minimum absolute atomic E-state index is 0.0332. The Bertz CT molecular complexity index is 547. The molecule has 0 aromatic heterocycles. The lowest BCUT2D eigenvalue weighted by Crippen LogP contribution is -2.60. The third-order valence-corrected chi connectivity index (χ3v) is 4.14. The number of aliphatic hydroxyl groups excluding tert-OH is 5. The van der Waals surface area contributed by atoms with Gasteiger partial charge in [-0.1, -0.05) is 0 Å². The van der Waals surface area contributed by atoms with Gasteiger partial charge < -0.3 is 40.1 Å².